The summed E-state index contributed by atoms with van der Waals surface area (Å²) in [5, 5.41) is 0.126. The fourth-order valence-corrected chi connectivity index (χ4v) is 2.06. The van der Waals surface area contributed by atoms with E-state index in [-0.39, 0.29) is 10.6 Å². The molecule has 0 unspecified atom stereocenters. The van der Waals surface area contributed by atoms with E-state index in [2.05, 4.69) is 15.9 Å². The highest BCUT2D eigenvalue weighted by atomic mass is 79.9. The molecule has 0 amide bonds. The molecular formula is C9H8BrClFN. The topological polar surface area (TPSA) is 26.0 Å². The van der Waals surface area contributed by atoms with Crippen molar-refractivity contribution in [2.75, 3.05) is 0 Å². The lowest BCUT2D eigenvalue weighted by molar-refractivity contribution is 0.618. The summed E-state index contributed by atoms with van der Waals surface area (Å²) in [5.41, 5.74) is 6.60. The van der Waals surface area contributed by atoms with E-state index in [4.69, 9.17) is 17.3 Å². The van der Waals surface area contributed by atoms with Crippen LogP contribution in [0.15, 0.2) is 16.6 Å². The van der Waals surface area contributed by atoms with Crippen LogP contribution in [0.2, 0.25) is 5.02 Å². The van der Waals surface area contributed by atoms with Gasteiger partial charge < -0.3 is 5.73 Å². The van der Waals surface area contributed by atoms with Gasteiger partial charge in [0, 0.05) is 5.54 Å². The summed E-state index contributed by atoms with van der Waals surface area (Å²) >= 11 is 8.79. The van der Waals surface area contributed by atoms with E-state index in [0.29, 0.717) is 4.47 Å². The molecule has 4 heteroatoms. The molecule has 1 aromatic carbocycles. The van der Waals surface area contributed by atoms with Gasteiger partial charge in [0.25, 0.3) is 0 Å². The SMILES string of the molecule is NC1(c2cc(Cl)c(F)c(Br)c2)CC1. The van der Waals surface area contributed by atoms with Crippen LogP contribution in [0.5, 0.6) is 0 Å². The van der Waals surface area contributed by atoms with Gasteiger partial charge >= 0.3 is 0 Å². The molecule has 0 bridgehead atoms. The highest BCUT2D eigenvalue weighted by Gasteiger charge is 2.40. The standard InChI is InChI=1S/C9H8BrClFN/c10-6-3-5(9(13)1-2-9)4-7(11)8(6)12/h3-4H,1-2,13H2. The molecule has 0 heterocycles. The van der Waals surface area contributed by atoms with Crippen molar-refractivity contribution in [1.29, 1.82) is 0 Å². The number of hydrogen-bond acceptors (Lipinski definition) is 1. The van der Waals surface area contributed by atoms with Crippen LogP contribution in [0, 0.1) is 5.82 Å². The van der Waals surface area contributed by atoms with Crippen molar-refractivity contribution in [3.05, 3.63) is 33.0 Å². The molecular weight excluding hydrogens is 256 g/mol. The van der Waals surface area contributed by atoms with E-state index in [1.165, 1.54) is 0 Å². The molecule has 1 aromatic rings. The summed E-state index contributed by atoms with van der Waals surface area (Å²) in [4.78, 5) is 0. The fraction of sp³-hybridized carbons (Fsp3) is 0.333. The van der Waals surface area contributed by atoms with Crippen molar-refractivity contribution in [2.24, 2.45) is 5.73 Å². The summed E-state index contributed by atoms with van der Waals surface area (Å²) in [6.07, 6.45) is 1.89. The third-order valence-corrected chi connectivity index (χ3v) is 3.20. The number of benzene rings is 1. The molecule has 0 saturated heterocycles. The Morgan fingerprint density at radius 2 is 2.08 bits per heavy atom. The smallest absolute Gasteiger partial charge is 0.155 e. The molecule has 1 aliphatic carbocycles. The average molecular weight is 265 g/mol. The summed E-state index contributed by atoms with van der Waals surface area (Å²) < 4.78 is 13.5. The molecule has 0 aliphatic heterocycles. The summed E-state index contributed by atoms with van der Waals surface area (Å²) in [6.45, 7) is 0. The van der Waals surface area contributed by atoms with Crippen molar-refractivity contribution in [3.63, 3.8) is 0 Å². The zero-order chi connectivity index (χ0) is 9.64. The molecule has 0 spiro atoms. The molecule has 1 aliphatic rings. The van der Waals surface area contributed by atoms with Crippen molar-refractivity contribution in [3.8, 4) is 0 Å². The van der Waals surface area contributed by atoms with Gasteiger partial charge in [-0.25, -0.2) is 4.39 Å². The summed E-state index contributed by atoms with van der Waals surface area (Å²) in [7, 11) is 0. The molecule has 1 fully saturated rings. The number of halogens is 3. The van der Waals surface area contributed by atoms with Crippen molar-refractivity contribution in [2.45, 2.75) is 18.4 Å². The first-order valence-electron chi connectivity index (χ1n) is 3.97. The van der Waals surface area contributed by atoms with Gasteiger partial charge in [-0.3, -0.25) is 0 Å². The van der Waals surface area contributed by atoms with Crippen molar-refractivity contribution < 1.29 is 4.39 Å². The van der Waals surface area contributed by atoms with Crippen LogP contribution >= 0.6 is 27.5 Å². The Labute approximate surface area is 89.2 Å². The molecule has 0 atom stereocenters. The van der Waals surface area contributed by atoms with Crippen molar-refractivity contribution >= 4 is 27.5 Å². The minimum Gasteiger partial charge on any atom is -0.321 e. The molecule has 70 valence electrons. The molecule has 2 rings (SSSR count). The van der Waals surface area contributed by atoms with E-state index >= 15 is 0 Å². The van der Waals surface area contributed by atoms with E-state index < -0.39 is 5.82 Å². The number of rotatable bonds is 1. The van der Waals surface area contributed by atoms with Crippen LogP contribution in [0.1, 0.15) is 18.4 Å². The lowest BCUT2D eigenvalue weighted by Crippen LogP contribution is -2.18. The largest absolute Gasteiger partial charge is 0.321 e. The van der Waals surface area contributed by atoms with Crippen LogP contribution in [-0.4, -0.2) is 0 Å². The Morgan fingerprint density at radius 3 is 2.54 bits per heavy atom. The van der Waals surface area contributed by atoms with Gasteiger partial charge in [-0.15, -0.1) is 0 Å². The highest BCUT2D eigenvalue weighted by molar-refractivity contribution is 9.10. The summed E-state index contributed by atoms with van der Waals surface area (Å²) in [5.74, 6) is -0.422. The van der Waals surface area contributed by atoms with Gasteiger partial charge in [0.2, 0.25) is 0 Å². The highest BCUT2D eigenvalue weighted by Crippen LogP contribution is 2.44. The first kappa shape index (κ1) is 9.44. The molecule has 1 nitrogen and oxygen atoms in total. The maximum Gasteiger partial charge on any atom is 0.155 e. The van der Waals surface area contributed by atoms with Gasteiger partial charge in [-0.05, 0) is 46.5 Å². The lowest BCUT2D eigenvalue weighted by atomic mass is 10.1. The van der Waals surface area contributed by atoms with E-state index in [9.17, 15) is 4.39 Å². The monoisotopic (exact) mass is 263 g/mol. The second-order valence-electron chi connectivity index (χ2n) is 3.41. The van der Waals surface area contributed by atoms with Gasteiger partial charge in [-0.2, -0.15) is 0 Å². The van der Waals surface area contributed by atoms with E-state index in [1.807, 2.05) is 0 Å². The maximum absolute atomic E-state index is 13.1. The zero-order valence-electron chi connectivity index (χ0n) is 6.78. The number of nitrogens with two attached hydrogens (primary N) is 1. The normalized spacial score (nSPS) is 18.8. The molecule has 0 aromatic heterocycles. The van der Waals surface area contributed by atoms with Gasteiger partial charge in [0.05, 0.1) is 9.50 Å². The van der Waals surface area contributed by atoms with Crippen LogP contribution in [0.3, 0.4) is 0 Å². The van der Waals surface area contributed by atoms with Crippen LogP contribution in [-0.2, 0) is 5.54 Å². The third kappa shape index (κ3) is 1.60. The Balaban J connectivity index is 2.50. The Bertz CT molecular complexity index is 340. The quantitative estimate of drug-likeness (QED) is 0.775. The summed E-state index contributed by atoms with van der Waals surface area (Å²) in [6, 6.07) is 3.31. The fourth-order valence-electron chi connectivity index (χ4n) is 1.27. The first-order chi connectivity index (χ1) is 6.03. The van der Waals surface area contributed by atoms with Gasteiger partial charge in [0.15, 0.2) is 5.82 Å². The lowest BCUT2D eigenvalue weighted by Gasteiger charge is -2.10. The predicted molar refractivity (Wildman–Crippen MR) is 54.2 cm³/mol. The van der Waals surface area contributed by atoms with Crippen LogP contribution in [0.4, 0.5) is 4.39 Å². The molecule has 13 heavy (non-hydrogen) atoms. The van der Waals surface area contributed by atoms with Gasteiger partial charge in [0.1, 0.15) is 0 Å². The Morgan fingerprint density at radius 1 is 1.46 bits per heavy atom. The van der Waals surface area contributed by atoms with Crippen molar-refractivity contribution in [1.82, 2.24) is 0 Å². The molecule has 2 N–H and O–H groups in total. The predicted octanol–water partition coefficient (Wildman–Crippen LogP) is 3.19. The first-order valence-corrected chi connectivity index (χ1v) is 5.14. The van der Waals surface area contributed by atoms with Gasteiger partial charge in [-0.1, -0.05) is 11.6 Å². The van der Waals surface area contributed by atoms with E-state index in [1.54, 1.807) is 12.1 Å². The minimum atomic E-state index is -0.422. The average Bonchev–Trinajstić information content (AvgIpc) is 2.80. The maximum atomic E-state index is 13.1. The molecule has 0 radical (unpaired) electrons. The second-order valence-corrected chi connectivity index (χ2v) is 4.67. The second kappa shape index (κ2) is 2.94. The number of hydrogen-bond donors (Lipinski definition) is 1. The third-order valence-electron chi connectivity index (χ3n) is 2.35. The van der Waals surface area contributed by atoms with Crippen LogP contribution < -0.4 is 5.73 Å². The zero-order valence-corrected chi connectivity index (χ0v) is 9.12. The Kier molecular flexibility index (Phi) is 2.13. The van der Waals surface area contributed by atoms with E-state index in [0.717, 1.165) is 18.4 Å². The minimum absolute atomic E-state index is 0.126. The Hall–Kier alpha value is -0.120. The van der Waals surface area contributed by atoms with Crippen LogP contribution in [0.25, 0.3) is 0 Å². The molecule has 1 saturated carbocycles.